The van der Waals surface area contributed by atoms with Crippen LogP contribution >= 0.6 is 0 Å². The molecule has 98 valence electrons. The molecular weight excluding hydrogens is 230 g/mol. The van der Waals surface area contributed by atoms with Gasteiger partial charge in [-0.1, -0.05) is 24.3 Å². The number of nitrogens with one attached hydrogen (secondary N) is 1. The van der Waals surface area contributed by atoms with E-state index in [9.17, 15) is 9.59 Å². The van der Waals surface area contributed by atoms with Gasteiger partial charge in [0, 0.05) is 12.1 Å². The molecule has 1 aromatic rings. The highest BCUT2D eigenvalue weighted by Gasteiger charge is 2.15. The van der Waals surface area contributed by atoms with Crippen molar-refractivity contribution in [2.45, 2.75) is 39.8 Å². The predicted octanol–water partition coefficient (Wildman–Crippen LogP) is 2.91. The first-order chi connectivity index (χ1) is 8.28. The lowest BCUT2D eigenvalue weighted by atomic mass is 10.1. The summed E-state index contributed by atoms with van der Waals surface area (Å²) in [4.78, 5) is 22.5. The number of ketones is 1. The lowest BCUT2D eigenvalue weighted by Crippen LogP contribution is -2.32. The van der Waals surface area contributed by atoms with Crippen LogP contribution in [-0.4, -0.2) is 17.5 Å². The van der Waals surface area contributed by atoms with E-state index in [-0.39, 0.29) is 5.78 Å². The first-order valence-corrected chi connectivity index (χ1v) is 5.84. The number of Topliss-reactive ketones (excluding diaryl/α,β-unsaturated/α-hetero) is 1. The number of benzene rings is 1. The van der Waals surface area contributed by atoms with Gasteiger partial charge >= 0.3 is 6.09 Å². The van der Waals surface area contributed by atoms with Crippen LogP contribution in [-0.2, 0) is 11.3 Å². The average Bonchev–Trinajstić information content (AvgIpc) is 2.24. The fraction of sp³-hybridized carbons (Fsp3) is 0.429. The van der Waals surface area contributed by atoms with Crippen LogP contribution in [0.5, 0.6) is 0 Å². The molecule has 0 aliphatic rings. The molecule has 0 aliphatic carbocycles. The monoisotopic (exact) mass is 249 g/mol. The Balaban J connectivity index is 2.49. The van der Waals surface area contributed by atoms with Crippen LogP contribution in [0.1, 0.15) is 43.6 Å². The topological polar surface area (TPSA) is 55.4 Å². The summed E-state index contributed by atoms with van der Waals surface area (Å²) in [6.07, 6.45) is -0.446. The van der Waals surface area contributed by atoms with Crippen molar-refractivity contribution < 1.29 is 14.3 Å². The SMILES string of the molecule is CC(=O)c1ccc(CNC(=O)OC(C)(C)C)cc1. The molecular formula is C14H19NO3. The van der Waals surface area contributed by atoms with Crippen molar-refractivity contribution in [2.24, 2.45) is 0 Å². The fourth-order valence-corrected chi connectivity index (χ4v) is 1.35. The number of carbonyl (C=O) groups is 2. The lowest BCUT2D eigenvalue weighted by Gasteiger charge is -2.19. The molecule has 0 unspecified atom stereocenters. The number of amides is 1. The van der Waals surface area contributed by atoms with E-state index in [1.54, 1.807) is 12.1 Å². The summed E-state index contributed by atoms with van der Waals surface area (Å²) in [5, 5.41) is 2.66. The highest BCUT2D eigenvalue weighted by atomic mass is 16.6. The molecule has 0 heterocycles. The molecule has 0 fully saturated rings. The zero-order chi connectivity index (χ0) is 13.8. The Bertz CT molecular complexity index is 429. The maximum Gasteiger partial charge on any atom is 0.407 e. The van der Waals surface area contributed by atoms with Crippen LogP contribution in [0.15, 0.2) is 24.3 Å². The molecule has 0 spiro atoms. The van der Waals surface area contributed by atoms with Crippen molar-refractivity contribution in [1.82, 2.24) is 5.32 Å². The van der Waals surface area contributed by atoms with Gasteiger partial charge in [0.05, 0.1) is 0 Å². The van der Waals surface area contributed by atoms with E-state index in [4.69, 9.17) is 4.74 Å². The number of hydrogen-bond donors (Lipinski definition) is 1. The highest BCUT2D eigenvalue weighted by molar-refractivity contribution is 5.94. The predicted molar refractivity (Wildman–Crippen MR) is 69.5 cm³/mol. The van der Waals surface area contributed by atoms with Gasteiger partial charge in [-0.2, -0.15) is 0 Å². The molecule has 1 rings (SSSR count). The van der Waals surface area contributed by atoms with E-state index >= 15 is 0 Å². The van der Waals surface area contributed by atoms with Gasteiger partial charge < -0.3 is 10.1 Å². The fourth-order valence-electron chi connectivity index (χ4n) is 1.35. The van der Waals surface area contributed by atoms with E-state index in [1.807, 2.05) is 32.9 Å². The van der Waals surface area contributed by atoms with Gasteiger partial charge in [0.1, 0.15) is 5.60 Å². The van der Waals surface area contributed by atoms with E-state index in [0.717, 1.165) is 5.56 Å². The number of alkyl carbamates (subject to hydrolysis) is 1. The van der Waals surface area contributed by atoms with Gasteiger partial charge in [0.15, 0.2) is 5.78 Å². The van der Waals surface area contributed by atoms with E-state index in [1.165, 1.54) is 6.92 Å². The van der Waals surface area contributed by atoms with Gasteiger partial charge in [-0.15, -0.1) is 0 Å². The summed E-state index contributed by atoms with van der Waals surface area (Å²) < 4.78 is 5.12. The van der Waals surface area contributed by atoms with Crippen LogP contribution in [0.4, 0.5) is 4.79 Å². The van der Waals surface area contributed by atoms with E-state index < -0.39 is 11.7 Å². The maximum absolute atomic E-state index is 11.4. The summed E-state index contributed by atoms with van der Waals surface area (Å²) >= 11 is 0. The van der Waals surface area contributed by atoms with Gasteiger partial charge in [0.25, 0.3) is 0 Å². The summed E-state index contributed by atoms with van der Waals surface area (Å²) in [6, 6.07) is 7.12. The largest absolute Gasteiger partial charge is 0.444 e. The zero-order valence-corrected chi connectivity index (χ0v) is 11.2. The minimum Gasteiger partial charge on any atom is -0.444 e. The molecule has 0 bridgehead atoms. The molecule has 0 radical (unpaired) electrons. The third kappa shape index (κ3) is 4.99. The minimum atomic E-state index is -0.497. The molecule has 0 aromatic heterocycles. The summed E-state index contributed by atoms with van der Waals surface area (Å²) in [7, 11) is 0. The first-order valence-electron chi connectivity index (χ1n) is 5.84. The molecule has 0 aliphatic heterocycles. The van der Waals surface area contributed by atoms with Crippen molar-refractivity contribution in [3.05, 3.63) is 35.4 Å². The van der Waals surface area contributed by atoms with Gasteiger partial charge in [-0.05, 0) is 33.3 Å². The van der Waals surface area contributed by atoms with Crippen molar-refractivity contribution in [2.75, 3.05) is 0 Å². The third-order valence-electron chi connectivity index (χ3n) is 2.20. The Hall–Kier alpha value is -1.84. The van der Waals surface area contributed by atoms with Crippen molar-refractivity contribution in [3.63, 3.8) is 0 Å². The second-order valence-electron chi connectivity index (χ2n) is 5.11. The summed E-state index contributed by atoms with van der Waals surface area (Å²) in [5.74, 6) is 0.0293. The van der Waals surface area contributed by atoms with Crippen molar-refractivity contribution in [1.29, 1.82) is 0 Å². The Labute approximate surface area is 107 Å². The Kier molecular flexibility index (Phi) is 4.48. The van der Waals surface area contributed by atoms with Gasteiger partial charge in [0.2, 0.25) is 0 Å². The molecule has 0 atom stereocenters. The number of ether oxygens (including phenoxy) is 1. The minimum absolute atomic E-state index is 0.0293. The van der Waals surface area contributed by atoms with E-state index in [2.05, 4.69) is 5.32 Å². The molecule has 4 nitrogen and oxygen atoms in total. The third-order valence-corrected chi connectivity index (χ3v) is 2.20. The van der Waals surface area contributed by atoms with Crippen molar-refractivity contribution >= 4 is 11.9 Å². The van der Waals surface area contributed by atoms with Crippen LogP contribution in [0.3, 0.4) is 0 Å². The van der Waals surface area contributed by atoms with Gasteiger partial charge in [-0.3, -0.25) is 4.79 Å². The summed E-state index contributed by atoms with van der Waals surface area (Å²) in [6.45, 7) is 7.34. The second kappa shape index (κ2) is 5.67. The molecule has 18 heavy (non-hydrogen) atoms. The molecule has 1 aromatic carbocycles. The smallest absolute Gasteiger partial charge is 0.407 e. The molecule has 4 heteroatoms. The van der Waals surface area contributed by atoms with Gasteiger partial charge in [-0.25, -0.2) is 4.79 Å². The van der Waals surface area contributed by atoms with Crippen LogP contribution in [0, 0.1) is 0 Å². The standard InChI is InChI=1S/C14H19NO3/c1-10(16)12-7-5-11(6-8-12)9-15-13(17)18-14(2,3)4/h5-8H,9H2,1-4H3,(H,15,17). The number of hydrogen-bond acceptors (Lipinski definition) is 3. The first kappa shape index (κ1) is 14.2. The molecule has 0 saturated carbocycles. The quantitative estimate of drug-likeness (QED) is 0.838. The lowest BCUT2D eigenvalue weighted by molar-refractivity contribution is 0.0523. The van der Waals surface area contributed by atoms with Crippen molar-refractivity contribution in [3.8, 4) is 0 Å². The maximum atomic E-state index is 11.4. The Morgan fingerprint density at radius 1 is 1.17 bits per heavy atom. The zero-order valence-electron chi connectivity index (χ0n) is 11.2. The number of rotatable bonds is 3. The molecule has 0 saturated heterocycles. The summed E-state index contributed by atoms with van der Waals surface area (Å²) in [5.41, 5.74) is 1.09. The normalized spacial score (nSPS) is 10.9. The van der Waals surface area contributed by atoms with Crippen LogP contribution in [0.2, 0.25) is 0 Å². The van der Waals surface area contributed by atoms with Crippen LogP contribution < -0.4 is 5.32 Å². The van der Waals surface area contributed by atoms with Crippen LogP contribution in [0.25, 0.3) is 0 Å². The Morgan fingerprint density at radius 2 is 1.72 bits per heavy atom. The van der Waals surface area contributed by atoms with E-state index in [0.29, 0.717) is 12.1 Å². The average molecular weight is 249 g/mol. The molecule has 1 N–H and O–H groups in total. The highest BCUT2D eigenvalue weighted by Crippen LogP contribution is 2.08. The molecule has 1 amide bonds. The second-order valence-corrected chi connectivity index (χ2v) is 5.11. The Morgan fingerprint density at radius 3 is 2.17 bits per heavy atom. The number of carbonyl (C=O) groups excluding carboxylic acids is 2.